The van der Waals surface area contributed by atoms with Gasteiger partial charge in [-0.15, -0.1) is 0 Å². The predicted molar refractivity (Wildman–Crippen MR) is 125 cm³/mol. The Morgan fingerprint density at radius 3 is 2.82 bits per heavy atom. The zero-order valence-corrected chi connectivity index (χ0v) is 18.4. The molecule has 11 heteroatoms. The van der Waals surface area contributed by atoms with Crippen molar-refractivity contribution in [3.05, 3.63) is 83.6 Å². The summed E-state index contributed by atoms with van der Waals surface area (Å²) in [5.41, 5.74) is 1.37. The van der Waals surface area contributed by atoms with E-state index in [1.807, 2.05) is 6.07 Å². The summed E-state index contributed by atoms with van der Waals surface area (Å²) in [5, 5.41) is 15.2. The number of furan rings is 1. The molecule has 0 spiro atoms. The van der Waals surface area contributed by atoms with Gasteiger partial charge in [-0.25, -0.2) is 4.79 Å². The van der Waals surface area contributed by atoms with E-state index in [0.717, 1.165) is 5.56 Å². The average molecular weight is 473 g/mol. The van der Waals surface area contributed by atoms with Gasteiger partial charge in [-0.1, -0.05) is 6.07 Å². The summed E-state index contributed by atoms with van der Waals surface area (Å²) in [6.45, 7) is 0. The maximum Gasteiger partial charge on any atom is 0.379 e. The Kier molecular flexibility index (Phi) is 5.52. The van der Waals surface area contributed by atoms with Gasteiger partial charge in [0.2, 0.25) is 10.9 Å². The summed E-state index contributed by atoms with van der Waals surface area (Å²) in [6, 6.07) is 11.4. The molecular weight excluding hydrogens is 458 g/mol. The second-order valence-electron chi connectivity index (χ2n) is 6.94. The number of hydrogen-bond acceptors (Lipinski definition) is 9. The fraction of sp³-hybridized carbons (Fsp3) is 0.0435. The lowest BCUT2D eigenvalue weighted by Gasteiger charge is -2.20. The average Bonchev–Trinajstić information content (AvgIpc) is 3.54. The molecule has 34 heavy (non-hydrogen) atoms. The molecule has 0 radical (unpaired) electrons. The van der Waals surface area contributed by atoms with Crippen LogP contribution in [0.15, 0.2) is 81.2 Å². The summed E-state index contributed by atoms with van der Waals surface area (Å²) in [7, 11) is 1.43. The molecule has 2 aromatic heterocycles. The molecule has 1 aromatic carbocycles. The van der Waals surface area contributed by atoms with Crippen LogP contribution in [-0.4, -0.2) is 45.0 Å². The van der Waals surface area contributed by atoms with E-state index in [4.69, 9.17) is 19.3 Å². The summed E-state index contributed by atoms with van der Waals surface area (Å²) in [4.78, 5) is 33.0. The Morgan fingerprint density at radius 2 is 2.09 bits per heavy atom. The normalized spacial score (nSPS) is 16.3. The van der Waals surface area contributed by atoms with Crippen LogP contribution < -0.4 is 9.47 Å². The van der Waals surface area contributed by atoms with E-state index < -0.39 is 11.9 Å². The smallest absolute Gasteiger partial charge is 0.379 e. The van der Waals surface area contributed by atoms with Crippen LogP contribution in [0.1, 0.15) is 21.7 Å². The van der Waals surface area contributed by atoms with Gasteiger partial charge in [-0.3, -0.25) is 15.2 Å². The number of amidine groups is 2. The van der Waals surface area contributed by atoms with Gasteiger partial charge in [-0.2, -0.15) is 15.1 Å². The minimum Gasteiger partial charge on any atom is -0.493 e. The first-order valence-electron chi connectivity index (χ1n) is 9.88. The van der Waals surface area contributed by atoms with Crippen LogP contribution in [-0.2, 0) is 4.79 Å². The lowest BCUT2D eigenvalue weighted by atomic mass is 10.1. The number of thioether (sulfide) groups is 1. The Labute approximate surface area is 197 Å². The van der Waals surface area contributed by atoms with Gasteiger partial charge >= 0.3 is 5.97 Å². The van der Waals surface area contributed by atoms with Gasteiger partial charge in [0.05, 0.1) is 18.9 Å². The first-order valence-corrected chi connectivity index (χ1v) is 10.7. The minimum atomic E-state index is -0.672. The van der Waals surface area contributed by atoms with Crippen molar-refractivity contribution < 1.29 is 23.5 Å². The summed E-state index contributed by atoms with van der Waals surface area (Å²) >= 11 is 1.20. The maximum absolute atomic E-state index is 12.7. The Balaban J connectivity index is 1.41. The van der Waals surface area contributed by atoms with Crippen LogP contribution >= 0.6 is 11.8 Å². The van der Waals surface area contributed by atoms with E-state index in [9.17, 15) is 9.59 Å². The lowest BCUT2D eigenvalue weighted by molar-refractivity contribution is -0.114. The largest absolute Gasteiger partial charge is 0.493 e. The lowest BCUT2D eigenvalue weighted by Crippen LogP contribution is -2.35. The van der Waals surface area contributed by atoms with Gasteiger partial charge in [0, 0.05) is 18.0 Å². The highest BCUT2D eigenvalue weighted by Gasteiger charge is 2.36. The number of amides is 1. The predicted octanol–water partition coefficient (Wildman–Crippen LogP) is 3.57. The molecule has 10 nitrogen and oxygen atoms in total. The molecule has 0 saturated heterocycles. The van der Waals surface area contributed by atoms with Gasteiger partial charge in [0.15, 0.2) is 17.3 Å². The summed E-state index contributed by atoms with van der Waals surface area (Å²) in [6.07, 6.45) is 6.18. The molecule has 0 saturated carbocycles. The number of hydrogen-bond donors (Lipinski definition) is 1. The van der Waals surface area contributed by atoms with Crippen molar-refractivity contribution in [2.45, 2.75) is 0 Å². The number of nitrogens with one attached hydrogen (secondary N) is 1. The van der Waals surface area contributed by atoms with Crippen molar-refractivity contribution >= 4 is 45.8 Å². The quantitative estimate of drug-likeness (QED) is 0.338. The zero-order chi connectivity index (χ0) is 23.7. The Morgan fingerprint density at radius 1 is 1.21 bits per heavy atom. The number of nitrogens with zero attached hydrogens (tertiary/aromatic N) is 4. The monoisotopic (exact) mass is 473 g/mol. The molecule has 0 unspecified atom stereocenters. The third kappa shape index (κ3) is 3.99. The molecule has 1 amide bonds. The second-order valence-corrected chi connectivity index (χ2v) is 7.90. The van der Waals surface area contributed by atoms with E-state index in [1.54, 1.807) is 36.7 Å². The number of benzene rings is 1. The Bertz CT molecular complexity index is 1400. The highest BCUT2D eigenvalue weighted by Crippen LogP contribution is 2.33. The van der Waals surface area contributed by atoms with E-state index in [2.05, 4.69) is 15.1 Å². The van der Waals surface area contributed by atoms with E-state index in [-0.39, 0.29) is 28.7 Å². The summed E-state index contributed by atoms with van der Waals surface area (Å²) in [5.74, 6) is -0.834. The van der Waals surface area contributed by atoms with E-state index >= 15 is 0 Å². The second kappa shape index (κ2) is 8.79. The van der Waals surface area contributed by atoms with E-state index in [1.165, 1.54) is 48.4 Å². The number of methoxy groups -OCH3 is 1. The van der Waals surface area contributed by atoms with Crippen molar-refractivity contribution in [2.24, 2.45) is 10.1 Å². The molecule has 3 aromatic rings. The number of pyridine rings is 1. The number of carbonyl (C=O) groups is 2. The molecule has 4 heterocycles. The number of aromatic nitrogens is 1. The first-order chi connectivity index (χ1) is 16.5. The van der Waals surface area contributed by atoms with Crippen LogP contribution in [0.25, 0.3) is 6.08 Å². The summed E-state index contributed by atoms with van der Waals surface area (Å²) < 4.78 is 15.7. The highest BCUT2D eigenvalue weighted by atomic mass is 32.2. The topological polar surface area (TPSA) is 130 Å². The fourth-order valence-electron chi connectivity index (χ4n) is 3.17. The van der Waals surface area contributed by atoms with Gasteiger partial charge in [0.1, 0.15) is 5.04 Å². The molecule has 2 aliphatic heterocycles. The molecule has 0 fully saturated rings. The minimum absolute atomic E-state index is 0.0536. The molecule has 5 rings (SSSR count). The molecule has 168 valence electrons. The molecule has 0 bridgehead atoms. The van der Waals surface area contributed by atoms with E-state index in [0.29, 0.717) is 15.8 Å². The molecule has 0 aliphatic carbocycles. The number of carbonyl (C=O) groups excluding carboxylic acids is 2. The number of aliphatic imine (C=N–C) groups is 1. The number of hydrazone groups is 1. The molecule has 2 aliphatic rings. The van der Waals surface area contributed by atoms with Crippen LogP contribution in [0.2, 0.25) is 0 Å². The number of ether oxygens (including phenoxy) is 2. The number of rotatable bonds is 5. The molecule has 1 N–H and O–H groups in total. The third-order valence-electron chi connectivity index (χ3n) is 4.79. The van der Waals surface area contributed by atoms with Crippen molar-refractivity contribution in [1.29, 1.82) is 5.41 Å². The van der Waals surface area contributed by atoms with Crippen molar-refractivity contribution in [1.82, 2.24) is 9.99 Å². The van der Waals surface area contributed by atoms with Crippen molar-refractivity contribution in [3.8, 4) is 11.5 Å². The highest BCUT2D eigenvalue weighted by molar-refractivity contribution is 8.27. The Hall–Kier alpha value is -4.51. The standard InChI is InChI=1S/C23H15N5O5S/c1-31-18-11-13(6-7-16(18)33-22(30)17-5-3-9-32-17)10-15-19(24)28-23(26-20(15)29)34-21(27-28)14-4-2-8-25-12-14/h2-12,24H,1H3. The maximum atomic E-state index is 12.7. The first kappa shape index (κ1) is 21.3. The zero-order valence-electron chi connectivity index (χ0n) is 17.6. The van der Waals surface area contributed by atoms with Crippen LogP contribution in [0.5, 0.6) is 11.5 Å². The number of esters is 1. The van der Waals surface area contributed by atoms with Crippen molar-refractivity contribution in [2.75, 3.05) is 7.11 Å². The molecular formula is C23H15N5O5S. The van der Waals surface area contributed by atoms with Gasteiger partial charge in [-0.05, 0) is 59.8 Å². The van der Waals surface area contributed by atoms with Crippen LogP contribution in [0.4, 0.5) is 0 Å². The SMILES string of the molecule is COc1cc(C=C2C(=N)N3N=C(c4cccnc4)SC3=NC2=O)ccc1OC(=O)c1ccco1. The van der Waals surface area contributed by atoms with Crippen LogP contribution in [0.3, 0.4) is 0 Å². The fourth-order valence-corrected chi connectivity index (χ4v) is 4.05. The number of fused-ring (bicyclic) bond motifs is 1. The van der Waals surface area contributed by atoms with Gasteiger partial charge < -0.3 is 13.9 Å². The molecule has 0 atom stereocenters. The van der Waals surface area contributed by atoms with Crippen molar-refractivity contribution in [3.63, 3.8) is 0 Å². The van der Waals surface area contributed by atoms with Gasteiger partial charge in [0.25, 0.3) is 5.91 Å². The van der Waals surface area contributed by atoms with Crippen LogP contribution in [0, 0.1) is 5.41 Å². The third-order valence-corrected chi connectivity index (χ3v) is 5.74.